The Hall–Kier alpha value is -2.77. The van der Waals surface area contributed by atoms with Crippen LogP contribution in [0.1, 0.15) is 5.56 Å². The quantitative estimate of drug-likeness (QED) is 0.424. The molecule has 27 heavy (non-hydrogen) atoms. The van der Waals surface area contributed by atoms with E-state index in [2.05, 4.69) is 6.58 Å². The van der Waals surface area contributed by atoms with Crippen LogP contribution < -0.4 is 19.1 Å². The van der Waals surface area contributed by atoms with E-state index < -0.39 is 0 Å². The molecule has 5 nitrogen and oxygen atoms in total. The van der Waals surface area contributed by atoms with Gasteiger partial charge in [0, 0.05) is 6.07 Å². The number of amides is 1. The van der Waals surface area contributed by atoms with Crippen molar-refractivity contribution in [1.29, 1.82) is 0 Å². The fraction of sp³-hybridized carbons (Fsp3) is 0.100. The van der Waals surface area contributed by atoms with Crippen molar-refractivity contribution in [3.05, 3.63) is 65.6 Å². The van der Waals surface area contributed by atoms with Gasteiger partial charge in [-0.2, -0.15) is 0 Å². The van der Waals surface area contributed by atoms with Gasteiger partial charge in [0.1, 0.15) is 12.4 Å². The van der Waals surface area contributed by atoms with Gasteiger partial charge in [0.25, 0.3) is 5.91 Å². The van der Waals surface area contributed by atoms with Gasteiger partial charge in [-0.25, -0.2) is 0 Å². The summed E-state index contributed by atoms with van der Waals surface area (Å²) in [6.07, 6.45) is 3.51. The number of anilines is 1. The van der Waals surface area contributed by atoms with Crippen LogP contribution in [0.15, 0.2) is 60.0 Å². The van der Waals surface area contributed by atoms with Crippen molar-refractivity contribution >= 4 is 46.0 Å². The number of nitrogens with zero attached hydrogens (tertiary/aromatic N) is 1. The third-order valence-corrected chi connectivity index (χ3v) is 5.26. The topological polar surface area (TPSA) is 48.0 Å². The maximum atomic E-state index is 12.9. The van der Waals surface area contributed by atoms with E-state index in [1.807, 2.05) is 30.3 Å². The van der Waals surface area contributed by atoms with Gasteiger partial charge in [0.15, 0.2) is 15.8 Å². The van der Waals surface area contributed by atoms with Crippen LogP contribution in [0.2, 0.25) is 0 Å². The number of carbonyl (C=O) groups excluding carboxylic acids is 1. The molecule has 7 heteroatoms. The van der Waals surface area contributed by atoms with Crippen molar-refractivity contribution < 1.29 is 19.0 Å². The van der Waals surface area contributed by atoms with E-state index in [-0.39, 0.29) is 12.7 Å². The predicted octanol–water partition coefficient (Wildman–Crippen LogP) is 4.39. The van der Waals surface area contributed by atoms with Crippen molar-refractivity contribution in [2.45, 2.75) is 0 Å². The number of rotatable bonds is 5. The maximum absolute atomic E-state index is 12.9. The number of hydrogen-bond donors (Lipinski definition) is 0. The zero-order valence-corrected chi connectivity index (χ0v) is 15.8. The van der Waals surface area contributed by atoms with Crippen LogP contribution in [0, 0.1) is 0 Å². The lowest BCUT2D eigenvalue weighted by Gasteiger charge is -2.14. The summed E-state index contributed by atoms with van der Waals surface area (Å²) >= 11 is 6.69. The van der Waals surface area contributed by atoms with Gasteiger partial charge in [-0.05, 0) is 35.9 Å². The van der Waals surface area contributed by atoms with Gasteiger partial charge >= 0.3 is 0 Å². The predicted molar refractivity (Wildman–Crippen MR) is 110 cm³/mol. The Labute approximate surface area is 166 Å². The number of ether oxygens (including phenoxy) is 3. The number of thioether (sulfide) groups is 1. The molecule has 0 N–H and O–H groups in total. The fourth-order valence-electron chi connectivity index (χ4n) is 2.68. The summed E-state index contributed by atoms with van der Waals surface area (Å²) in [5.74, 6) is 1.87. The minimum Gasteiger partial charge on any atom is -0.490 e. The van der Waals surface area contributed by atoms with Gasteiger partial charge in [0.2, 0.25) is 6.79 Å². The molecule has 0 bridgehead atoms. The average Bonchev–Trinajstić information content (AvgIpc) is 3.25. The molecule has 0 radical (unpaired) electrons. The molecule has 0 saturated carbocycles. The van der Waals surface area contributed by atoms with Crippen molar-refractivity contribution in [3.8, 4) is 17.2 Å². The van der Waals surface area contributed by atoms with Crippen LogP contribution in [0.5, 0.6) is 17.2 Å². The number of benzene rings is 2. The summed E-state index contributed by atoms with van der Waals surface area (Å²) in [7, 11) is 0. The summed E-state index contributed by atoms with van der Waals surface area (Å²) in [6.45, 7) is 4.26. The van der Waals surface area contributed by atoms with Crippen LogP contribution in [-0.2, 0) is 4.79 Å². The van der Waals surface area contributed by atoms with E-state index >= 15 is 0 Å². The summed E-state index contributed by atoms with van der Waals surface area (Å²) in [5, 5.41) is 0. The Balaban J connectivity index is 1.55. The monoisotopic (exact) mass is 397 g/mol. The van der Waals surface area contributed by atoms with Crippen LogP contribution in [0.3, 0.4) is 0 Å². The second-order valence-electron chi connectivity index (χ2n) is 5.72. The molecule has 2 aromatic carbocycles. The number of hydrogen-bond acceptors (Lipinski definition) is 6. The Morgan fingerprint density at radius 1 is 1.19 bits per heavy atom. The summed E-state index contributed by atoms with van der Waals surface area (Å²) in [4.78, 5) is 14.9. The van der Waals surface area contributed by atoms with Crippen LogP contribution >= 0.6 is 24.0 Å². The SMILES string of the molecule is C=CCOc1ccc(C=C2SC(=S)N(c3ccc4c(c3)OCO4)C2=O)cc1. The molecule has 0 spiro atoms. The summed E-state index contributed by atoms with van der Waals surface area (Å²) in [5.41, 5.74) is 1.56. The molecule has 0 aliphatic carbocycles. The molecule has 2 heterocycles. The second-order valence-corrected chi connectivity index (χ2v) is 7.40. The highest BCUT2D eigenvalue weighted by Gasteiger charge is 2.34. The van der Waals surface area contributed by atoms with Gasteiger partial charge in [0.05, 0.1) is 10.6 Å². The summed E-state index contributed by atoms with van der Waals surface area (Å²) in [6, 6.07) is 12.8. The molecule has 1 amide bonds. The van der Waals surface area contributed by atoms with E-state index in [1.165, 1.54) is 16.7 Å². The van der Waals surface area contributed by atoms with Gasteiger partial charge < -0.3 is 14.2 Å². The highest BCUT2D eigenvalue weighted by molar-refractivity contribution is 8.27. The van der Waals surface area contributed by atoms with E-state index in [0.29, 0.717) is 33.0 Å². The first-order valence-electron chi connectivity index (χ1n) is 8.17. The smallest absolute Gasteiger partial charge is 0.270 e. The molecule has 0 unspecified atom stereocenters. The summed E-state index contributed by atoms with van der Waals surface area (Å²) < 4.78 is 16.7. The Morgan fingerprint density at radius 2 is 1.96 bits per heavy atom. The van der Waals surface area contributed by atoms with E-state index in [9.17, 15) is 4.79 Å². The molecule has 136 valence electrons. The number of carbonyl (C=O) groups is 1. The number of fused-ring (bicyclic) bond motifs is 1. The first-order valence-corrected chi connectivity index (χ1v) is 9.39. The third kappa shape index (κ3) is 3.56. The molecule has 2 aromatic rings. The van der Waals surface area contributed by atoms with E-state index in [4.69, 9.17) is 26.4 Å². The molecular weight excluding hydrogens is 382 g/mol. The maximum Gasteiger partial charge on any atom is 0.270 e. The average molecular weight is 397 g/mol. The third-order valence-electron chi connectivity index (χ3n) is 3.95. The molecule has 0 aromatic heterocycles. The van der Waals surface area contributed by atoms with Crippen molar-refractivity contribution in [3.63, 3.8) is 0 Å². The van der Waals surface area contributed by atoms with Crippen molar-refractivity contribution in [2.75, 3.05) is 18.3 Å². The second kappa shape index (κ2) is 7.46. The Kier molecular flexibility index (Phi) is 4.87. The normalized spacial score (nSPS) is 16.9. The lowest BCUT2D eigenvalue weighted by Crippen LogP contribution is -2.27. The first-order chi connectivity index (χ1) is 13.2. The van der Waals surface area contributed by atoms with E-state index in [0.717, 1.165) is 11.3 Å². The lowest BCUT2D eigenvalue weighted by molar-refractivity contribution is -0.113. The lowest BCUT2D eigenvalue weighted by atomic mass is 10.2. The van der Waals surface area contributed by atoms with Crippen molar-refractivity contribution in [2.24, 2.45) is 0 Å². The molecule has 2 aliphatic heterocycles. The number of thiocarbonyl (C=S) groups is 1. The van der Waals surface area contributed by atoms with Crippen molar-refractivity contribution in [1.82, 2.24) is 0 Å². The molecule has 1 saturated heterocycles. The van der Waals surface area contributed by atoms with Gasteiger partial charge in [-0.3, -0.25) is 9.69 Å². The largest absolute Gasteiger partial charge is 0.490 e. The molecule has 2 aliphatic rings. The molecule has 4 rings (SSSR count). The van der Waals surface area contributed by atoms with Gasteiger partial charge in [-0.15, -0.1) is 0 Å². The zero-order valence-electron chi connectivity index (χ0n) is 14.2. The minimum absolute atomic E-state index is 0.157. The highest BCUT2D eigenvalue weighted by Crippen LogP contribution is 2.40. The minimum atomic E-state index is -0.157. The Morgan fingerprint density at radius 3 is 2.74 bits per heavy atom. The Bertz CT molecular complexity index is 953. The molecular formula is C20H15NO4S2. The molecule has 1 fully saturated rings. The fourth-order valence-corrected chi connectivity index (χ4v) is 3.98. The molecule has 0 atom stereocenters. The van der Waals surface area contributed by atoms with E-state index in [1.54, 1.807) is 24.3 Å². The highest BCUT2D eigenvalue weighted by atomic mass is 32.2. The van der Waals surface area contributed by atoms with Crippen LogP contribution in [0.4, 0.5) is 5.69 Å². The first kappa shape index (κ1) is 17.6. The standard InChI is InChI=1S/C20H15NO4S2/c1-2-9-23-15-6-3-13(4-7-15)10-18-19(22)21(20(26)27-18)14-5-8-16-17(11-14)25-12-24-16/h2-8,10-11H,1,9,12H2. The zero-order chi connectivity index (χ0) is 18.8. The van der Waals surface area contributed by atoms with Crippen LogP contribution in [0.25, 0.3) is 6.08 Å². The van der Waals surface area contributed by atoms with Crippen LogP contribution in [-0.4, -0.2) is 23.6 Å². The van der Waals surface area contributed by atoms with Gasteiger partial charge in [-0.1, -0.05) is 48.8 Å².